The van der Waals surface area contributed by atoms with Crippen LogP contribution in [-0.2, 0) is 6.54 Å². The SMILES string of the molecule is Cc1ccc(CNC(=O)c2ccc(-c3ccc(N4CCSCC4)nc3)cc2)o1. The topological polar surface area (TPSA) is 58.4 Å². The standard InChI is InChI=1S/C22H23N3O2S/c1-16-2-8-20(27-16)15-24-22(26)18-5-3-17(4-6-18)19-7-9-21(23-14-19)25-10-12-28-13-11-25/h2-9,14H,10-13,15H2,1H3,(H,24,26). The lowest BCUT2D eigenvalue weighted by Gasteiger charge is -2.27. The largest absolute Gasteiger partial charge is 0.465 e. The van der Waals surface area contributed by atoms with Gasteiger partial charge in [0.15, 0.2) is 0 Å². The van der Waals surface area contributed by atoms with Gasteiger partial charge in [-0.25, -0.2) is 4.98 Å². The minimum Gasteiger partial charge on any atom is -0.465 e. The Balaban J connectivity index is 1.38. The van der Waals surface area contributed by atoms with Crippen LogP contribution in [0.25, 0.3) is 11.1 Å². The van der Waals surface area contributed by atoms with Gasteiger partial charge in [0.2, 0.25) is 0 Å². The van der Waals surface area contributed by atoms with E-state index in [-0.39, 0.29) is 5.91 Å². The van der Waals surface area contributed by atoms with Crippen molar-refractivity contribution in [3.63, 3.8) is 0 Å². The van der Waals surface area contributed by atoms with E-state index < -0.39 is 0 Å². The molecule has 0 saturated carbocycles. The molecule has 0 atom stereocenters. The summed E-state index contributed by atoms with van der Waals surface area (Å²) in [6.45, 7) is 4.38. The number of hydrogen-bond donors (Lipinski definition) is 1. The summed E-state index contributed by atoms with van der Waals surface area (Å²) in [5.41, 5.74) is 2.72. The molecule has 6 heteroatoms. The molecule has 0 unspecified atom stereocenters. The molecule has 1 fully saturated rings. The molecule has 0 spiro atoms. The number of carbonyl (C=O) groups excluding carboxylic acids is 1. The molecule has 1 amide bonds. The summed E-state index contributed by atoms with van der Waals surface area (Å²) in [6.07, 6.45) is 1.91. The van der Waals surface area contributed by atoms with Crippen molar-refractivity contribution in [1.82, 2.24) is 10.3 Å². The second-order valence-electron chi connectivity index (χ2n) is 6.78. The maximum atomic E-state index is 12.3. The van der Waals surface area contributed by atoms with Gasteiger partial charge in [-0.2, -0.15) is 11.8 Å². The third-order valence-electron chi connectivity index (χ3n) is 4.78. The first-order valence-electron chi connectivity index (χ1n) is 9.42. The molecule has 3 aromatic rings. The predicted molar refractivity (Wildman–Crippen MR) is 114 cm³/mol. The lowest BCUT2D eigenvalue weighted by Crippen LogP contribution is -2.32. The number of pyridine rings is 1. The van der Waals surface area contributed by atoms with Crippen molar-refractivity contribution in [2.24, 2.45) is 0 Å². The Morgan fingerprint density at radius 3 is 2.46 bits per heavy atom. The van der Waals surface area contributed by atoms with Crippen LogP contribution >= 0.6 is 11.8 Å². The summed E-state index contributed by atoms with van der Waals surface area (Å²) in [6, 6.07) is 15.5. The quantitative estimate of drug-likeness (QED) is 0.706. The highest BCUT2D eigenvalue weighted by Gasteiger charge is 2.12. The van der Waals surface area contributed by atoms with Gasteiger partial charge in [-0.3, -0.25) is 4.79 Å². The highest BCUT2D eigenvalue weighted by atomic mass is 32.2. The molecule has 1 saturated heterocycles. The number of aromatic nitrogens is 1. The number of aryl methyl sites for hydroxylation is 1. The van der Waals surface area contributed by atoms with E-state index in [4.69, 9.17) is 4.42 Å². The van der Waals surface area contributed by atoms with E-state index in [0.29, 0.717) is 12.1 Å². The molecule has 28 heavy (non-hydrogen) atoms. The van der Waals surface area contributed by atoms with Crippen molar-refractivity contribution in [1.29, 1.82) is 0 Å². The predicted octanol–water partition coefficient (Wildman–Crippen LogP) is 4.13. The Kier molecular flexibility index (Phi) is 5.67. The van der Waals surface area contributed by atoms with Gasteiger partial charge in [0.05, 0.1) is 6.54 Å². The number of benzene rings is 1. The fourth-order valence-corrected chi connectivity index (χ4v) is 4.10. The van der Waals surface area contributed by atoms with Gasteiger partial charge < -0.3 is 14.6 Å². The van der Waals surface area contributed by atoms with Gasteiger partial charge in [0.1, 0.15) is 17.3 Å². The summed E-state index contributed by atoms with van der Waals surface area (Å²) in [5.74, 6) is 4.83. The molecular weight excluding hydrogens is 370 g/mol. The second-order valence-corrected chi connectivity index (χ2v) is 8.00. The first kappa shape index (κ1) is 18.6. The summed E-state index contributed by atoms with van der Waals surface area (Å²) in [4.78, 5) is 19.3. The third-order valence-corrected chi connectivity index (χ3v) is 5.73. The monoisotopic (exact) mass is 393 g/mol. The van der Waals surface area contributed by atoms with Crippen molar-refractivity contribution in [3.05, 3.63) is 71.8 Å². The van der Waals surface area contributed by atoms with Crippen LogP contribution in [0.5, 0.6) is 0 Å². The molecule has 0 aliphatic carbocycles. The number of rotatable bonds is 5. The first-order valence-corrected chi connectivity index (χ1v) is 10.6. The Labute approximate surface area is 169 Å². The molecular formula is C22H23N3O2S. The van der Waals surface area contributed by atoms with Crippen molar-refractivity contribution in [2.45, 2.75) is 13.5 Å². The van der Waals surface area contributed by atoms with Crippen molar-refractivity contribution in [3.8, 4) is 11.1 Å². The van der Waals surface area contributed by atoms with Crippen LogP contribution in [0.2, 0.25) is 0 Å². The number of carbonyl (C=O) groups is 1. The average Bonchev–Trinajstić information content (AvgIpc) is 3.18. The molecule has 1 N–H and O–H groups in total. The van der Waals surface area contributed by atoms with Crippen LogP contribution in [0.15, 0.2) is 59.1 Å². The minimum atomic E-state index is -0.114. The van der Waals surface area contributed by atoms with Crippen molar-refractivity contribution in [2.75, 3.05) is 29.5 Å². The van der Waals surface area contributed by atoms with Crippen LogP contribution in [-0.4, -0.2) is 35.5 Å². The summed E-state index contributed by atoms with van der Waals surface area (Å²) in [5, 5.41) is 2.88. The number of hydrogen-bond acceptors (Lipinski definition) is 5. The molecule has 1 aliphatic rings. The molecule has 4 rings (SSSR count). The lowest BCUT2D eigenvalue weighted by atomic mass is 10.1. The van der Waals surface area contributed by atoms with Gasteiger partial charge in [0, 0.05) is 41.9 Å². The van der Waals surface area contributed by atoms with Crippen molar-refractivity contribution < 1.29 is 9.21 Å². The molecule has 144 valence electrons. The van der Waals surface area contributed by atoms with Gasteiger partial charge in [-0.1, -0.05) is 12.1 Å². The molecule has 2 aromatic heterocycles. The highest BCUT2D eigenvalue weighted by Crippen LogP contribution is 2.23. The zero-order valence-electron chi connectivity index (χ0n) is 15.9. The highest BCUT2D eigenvalue weighted by molar-refractivity contribution is 7.99. The van der Waals surface area contributed by atoms with Crippen LogP contribution < -0.4 is 10.2 Å². The first-order chi connectivity index (χ1) is 13.7. The number of nitrogens with zero attached hydrogens (tertiary/aromatic N) is 2. The molecule has 3 heterocycles. The maximum Gasteiger partial charge on any atom is 0.251 e. The van der Waals surface area contributed by atoms with E-state index in [0.717, 1.165) is 53.1 Å². The number of anilines is 1. The van der Waals surface area contributed by atoms with E-state index >= 15 is 0 Å². The average molecular weight is 394 g/mol. The Bertz CT molecular complexity index is 929. The number of nitrogens with one attached hydrogen (secondary N) is 1. The summed E-state index contributed by atoms with van der Waals surface area (Å²) in [7, 11) is 0. The molecule has 0 radical (unpaired) electrons. The van der Waals surface area contributed by atoms with E-state index in [1.165, 1.54) is 0 Å². The second kappa shape index (κ2) is 8.52. The fourth-order valence-electron chi connectivity index (χ4n) is 3.20. The third kappa shape index (κ3) is 4.39. The number of furan rings is 1. The number of thioether (sulfide) groups is 1. The Morgan fingerprint density at radius 2 is 1.82 bits per heavy atom. The Hall–Kier alpha value is -2.73. The van der Waals surface area contributed by atoms with Crippen LogP contribution in [0.4, 0.5) is 5.82 Å². The number of amides is 1. The normalized spacial score (nSPS) is 14.1. The zero-order valence-corrected chi connectivity index (χ0v) is 16.7. The van der Waals surface area contributed by atoms with Crippen LogP contribution in [0.1, 0.15) is 21.9 Å². The van der Waals surface area contributed by atoms with E-state index in [9.17, 15) is 4.79 Å². The van der Waals surface area contributed by atoms with Gasteiger partial charge in [-0.15, -0.1) is 0 Å². The zero-order chi connectivity index (χ0) is 19.3. The van der Waals surface area contributed by atoms with E-state index in [2.05, 4.69) is 27.3 Å². The molecule has 0 bridgehead atoms. The van der Waals surface area contributed by atoms with Crippen LogP contribution in [0.3, 0.4) is 0 Å². The maximum absolute atomic E-state index is 12.3. The van der Waals surface area contributed by atoms with Gasteiger partial charge >= 0.3 is 0 Å². The minimum absolute atomic E-state index is 0.114. The van der Waals surface area contributed by atoms with Crippen molar-refractivity contribution >= 4 is 23.5 Å². The molecule has 1 aromatic carbocycles. The van der Waals surface area contributed by atoms with E-state index in [1.54, 1.807) is 0 Å². The fraction of sp³-hybridized carbons (Fsp3) is 0.273. The van der Waals surface area contributed by atoms with Gasteiger partial charge in [-0.05, 0) is 48.9 Å². The Morgan fingerprint density at radius 1 is 1.07 bits per heavy atom. The molecule has 5 nitrogen and oxygen atoms in total. The summed E-state index contributed by atoms with van der Waals surface area (Å²) >= 11 is 1.99. The summed E-state index contributed by atoms with van der Waals surface area (Å²) < 4.78 is 5.47. The van der Waals surface area contributed by atoms with Crippen LogP contribution in [0, 0.1) is 6.92 Å². The van der Waals surface area contributed by atoms with E-state index in [1.807, 2.05) is 61.3 Å². The molecule has 1 aliphatic heterocycles. The lowest BCUT2D eigenvalue weighted by molar-refractivity contribution is 0.0948. The smallest absolute Gasteiger partial charge is 0.251 e. The van der Waals surface area contributed by atoms with Gasteiger partial charge in [0.25, 0.3) is 5.91 Å².